The van der Waals surface area contributed by atoms with Crippen molar-refractivity contribution in [1.82, 2.24) is 5.01 Å². The largest absolute Gasteiger partial charge is 0.324 e. The van der Waals surface area contributed by atoms with Crippen molar-refractivity contribution in [3.05, 3.63) is 48.5 Å². The predicted octanol–water partition coefficient (Wildman–Crippen LogP) is 4.95. The third-order valence-electron chi connectivity index (χ3n) is 6.10. The molecule has 1 atom stereocenters. The van der Waals surface area contributed by atoms with Crippen molar-refractivity contribution in [3.63, 3.8) is 0 Å². The highest BCUT2D eigenvalue weighted by atomic mass is 32.2. The molecule has 2 aliphatic rings. The number of nitrogens with one attached hydrogen (secondary N) is 1. The number of para-hydroxylation sites is 1. The maximum atomic E-state index is 12.3. The van der Waals surface area contributed by atoms with Crippen LogP contribution in [-0.2, 0) is 14.6 Å². The van der Waals surface area contributed by atoms with Gasteiger partial charge >= 0.3 is 0 Å². The number of hydrazine groups is 1. The average molecular weight is 502 g/mol. The molecule has 8 nitrogen and oxygen atoms in total. The number of hydrogen-bond donors (Lipinski definition) is 1. The molecule has 182 valence electrons. The van der Waals surface area contributed by atoms with Crippen LogP contribution in [0.4, 0.5) is 11.4 Å². The number of nitrogens with zero attached hydrogens (tertiary/aromatic N) is 4. The fourth-order valence-electron chi connectivity index (χ4n) is 4.49. The smallest absolute Gasteiger partial charge is 0.247 e. The van der Waals surface area contributed by atoms with Gasteiger partial charge in [0.2, 0.25) is 11.4 Å². The number of hydrogen-bond acceptors (Lipinski definition) is 8. The molecule has 1 fully saturated rings. The zero-order chi connectivity index (χ0) is 24.1. The average Bonchev–Trinajstić information content (AvgIpc) is 3.18. The molecule has 0 radical (unpaired) electrons. The minimum Gasteiger partial charge on any atom is -0.324 e. The Hall–Kier alpha value is -2.43. The highest BCUT2D eigenvalue weighted by Crippen LogP contribution is 2.47. The quantitative estimate of drug-likeness (QED) is 0.515. The second-order valence-electron chi connectivity index (χ2n) is 8.57. The first-order chi connectivity index (χ1) is 16.4. The molecule has 10 heteroatoms. The number of carbonyl (C=O) groups is 1. The summed E-state index contributed by atoms with van der Waals surface area (Å²) in [5.41, 5.74) is 1.26. The van der Waals surface area contributed by atoms with E-state index in [9.17, 15) is 13.2 Å². The summed E-state index contributed by atoms with van der Waals surface area (Å²) >= 11 is 1.47. The van der Waals surface area contributed by atoms with E-state index < -0.39 is 15.3 Å². The van der Waals surface area contributed by atoms with E-state index in [1.807, 2.05) is 36.4 Å². The van der Waals surface area contributed by atoms with Crippen LogP contribution in [0, 0.1) is 0 Å². The van der Waals surface area contributed by atoms with Crippen LogP contribution < -0.4 is 10.3 Å². The lowest BCUT2D eigenvalue weighted by molar-refractivity contribution is -0.114. The molecule has 0 saturated heterocycles. The summed E-state index contributed by atoms with van der Waals surface area (Å²) < 4.78 is 24.2. The van der Waals surface area contributed by atoms with E-state index >= 15 is 0 Å². The number of rotatable bonds is 8. The molecule has 34 heavy (non-hydrogen) atoms. The maximum Gasteiger partial charge on any atom is 0.247 e. The number of anilines is 2. The molecule has 1 N–H and O–H groups in total. The van der Waals surface area contributed by atoms with Crippen LogP contribution in [-0.4, -0.2) is 50.2 Å². The monoisotopic (exact) mass is 501 g/mol. The van der Waals surface area contributed by atoms with Crippen molar-refractivity contribution in [2.24, 2.45) is 10.2 Å². The molecule has 0 bridgehead atoms. The van der Waals surface area contributed by atoms with E-state index in [4.69, 9.17) is 0 Å². The van der Waals surface area contributed by atoms with Gasteiger partial charge in [0.1, 0.15) is 6.54 Å². The molecule has 0 spiro atoms. The fourth-order valence-corrected chi connectivity index (χ4v) is 6.37. The summed E-state index contributed by atoms with van der Waals surface area (Å²) in [6.45, 7) is 2.85. The lowest BCUT2D eigenvalue weighted by Crippen LogP contribution is -2.51. The second kappa shape index (κ2) is 10.9. The zero-order valence-corrected chi connectivity index (χ0v) is 21.2. The van der Waals surface area contributed by atoms with Crippen molar-refractivity contribution in [2.45, 2.75) is 60.4 Å². The molecule has 1 saturated carbocycles. The summed E-state index contributed by atoms with van der Waals surface area (Å²) in [6, 6.07) is 14.9. The Bertz CT molecular complexity index is 1130. The minimum atomic E-state index is -3.32. The summed E-state index contributed by atoms with van der Waals surface area (Å²) in [6.07, 6.45) is 7.12. The van der Waals surface area contributed by atoms with Crippen molar-refractivity contribution in [2.75, 3.05) is 29.7 Å². The van der Waals surface area contributed by atoms with Gasteiger partial charge in [0, 0.05) is 29.4 Å². The van der Waals surface area contributed by atoms with Gasteiger partial charge in [-0.25, -0.2) is 13.4 Å². The zero-order valence-electron chi connectivity index (χ0n) is 19.6. The van der Waals surface area contributed by atoms with Crippen LogP contribution in [0.1, 0.15) is 39.0 Å². The van der Waals surface area contributed by atoms with Crippen molar-refractivity contribution in [3.8, 4) is 0 Å². The van der Waals surface area contributed by atoms with E-state index in [0.717, 1.165) is 35.7 Å². The van der Waals surface area contributed by atoms with Gasteiger partial charge in [0.15, 0.2) is 9.84 Å². The topological polar surface area (TPSA) is 94.4 Å². The van der Waals surface area contributed by atoms with Crippen LogP contribution in [0.25, 0.3) is 0 Å². The Labute approximate surface area is 205 Å². The Kier molecular flexibility index (Phi) is 7.90. The van der Waals surface area contributed by atoms with Gasteiger partial charge in [0.05, 0.1) is 10.6 Å². The maximum absolute atomic E-state index is 12.3. The second-order valence-corrected chi connectivity index (χ2v) is 11.7. The predicted molar refractivity (Wildman–Crippen MR) is 136 cm³/mol. The standard InChI is InChI=1S/C24H31N5O3S2/c1-3-28(19-12-8-5-9-13-19)29-21-15-14-20(34(2,31)32)16-22(21)33-24(29)27-25-17-23(30)26-18-10-6-4-7-11-18/h4,6-7,10-11,14-16,19,24H,3,5,8-9,12-13,17H2,1-2H3,(H,26,30). The van der Waals surface area contributed by atoms with Gasteiger partial charge in [0.25, 0.3) is 0 Å². The van der Waals surface area contributed by atoms with Crippen LogP contribution in [0.3, 0.4) is 0 Å². The van der Waals surface area contributed by atoms with Gasteiger partial charge in [-0.1, -0.05) is 56.1 Å². The van der Waals surface area contributed by atoms with Gasteiger partial charge in [-0.2, -0.15) is 10.2 Å². The lowest BCUT2D eigenvalue weighted by Gasteiger charge is -2.42. The number of thioether (sulfide) groups is 1. The molecular formula is C24H31N5O3S2. The van der Waals surface area contributed by atoms with Crippen LogP contribution in [0.5, 0.6) is 0 Å². The molecule has 1 amide bonds. The molecule has 0 aromatic heterocycles. The van der Waals surface area contributed by atoms with E-state index in [1.165, 1.54) is 37.3 Å². The normalized spacial score (nSPS) is 19.0. The molecule has 1 heterocycles. The third kappa shape index (κ3) is 5.79. The Balaban J connectivity index is 1.56. The van der Waals surface area contributed by atoms with Crippen molar-refractivity contribution >= 4 is 38.9 Å². The van der Waals surface area contributed by atoms with Crippen molar-refractivity contribution < 1.29 is 13.2 Å². The van der Waals surface area contributed by atoms with Gasteiger partial charge < -0.3 is 5.32 Å². The Morgan fingerprint density at radius 2 is 1.88 bits per heavy atom. The molecular weight excluding hydrogens is 470 g/mol. The number of fused-ring (bicyclic) bond motifs is 1. The highest BCUT2D eigenvalue weighted by Gasteiger charge is 2.37. The fraction of sp³-hybridized carbons (Fsp3) is 0.458. The van der Waals surface area contributed by atoms with E-state index in [1.54, 1.807) is 12.1 Å². The van der Waals surface area contributed by atoms with Gasteiger partial charge in [-0.05, 0) is 43.2 Å². The minimum absolute atomic E-state index is 0.0831. The number of carbonyl (C=O) groups excluding carboxylic acids is 1. The molecule has 2 aromatic carbocycles. The van der Waals surface area contributed by atoms with Crippen LogP contribution in [0.2, 0.25) is 0 Å². The number of amides is 1. The third-order valence-corrected chi connectivity index (χ3v) is 8.29. The molecule has 4 rings (SSSR count). The first-order valence-electron chi connectivity index (χ1n) is 11.6. The van der Waals surface area contributed by atoms with E-state index in [-0.39, 0.29) is 12.5 Å². The molecule has 1 aliphatic heterocycles. The molecule has 2 aromatic rings. The van der Waals surface area contributed by atoms with Crippen LogP contribution in [0.15, 0.2) is 68.6 Å². The number of sulfone groups is 1. The Morgan fingerprint density at radius 1 is 1.15 bits per heavy atom. The first-order valence-corrected chi connectivity index (χ1v) is 14.4. The summed E-state index contributed by atoms with van der Waals surface area (Å²) in [5.74, 6) is -0.235. The summed E-state index contributed by atoms with van der Waals surface area (Å²) in [7, 11) is -3.32. The highest BCUT2D eigenvalue weighted by molar-refractivity contribution is 8.00. The van der Waals surface area contributed by atoms with E-state index in [0.29, 0.717) is 10.9 Å². The van der Waals surface area contributed by atoms with Gasteiger partial charge in [-0.3, -0.25) is 9.80 Å². The summed E-state index contributed by atoms with van der Waals surface area (Å²) in [5, 5.41) is 16.0. The molecule has 1 aliphatic carbocycles. The number of benzene rings is 2. The van der Waals surface area contributed by atoms with Crippen LogP contribution >= 0.6 is 11.8 Å². The SMILES string of the molecule is CCN(C1CCCCC1)N1c2ccc(S(C)(=O)=O)cc2SC1N=NCC(=O)Nc1ccccc1. The van der Waals surface area contributed by atoms with E-state index in [2.05, 4.69) is 32.5 Å². The lowest BCUT2D eigenvalue weighted by atomic mass is 9.95. The number of azo groups is 1. The van der Waals surface area contributed by atoms with Crippen molar-refractivity contribution in [1.29, 1.82) is 0 Å². The summed E-state index contributed by atoms with van der Waals surface area (Å²) in [4.78, 5) is 13.5. The first kappa shape index (κ1) is 24.7. The Morgan fingerprint density at radius 3 is 2.56 bits per heavy atom. The molecule has 1 unspecified atom stereocenters. The van der Waals surface area contributed by atoms with Gasteiger partial charge in [-0.15, -0.1) is 0 Å².